The number of primary sulfonamides is 1. The zero-order valence-corrected chi connectivity index (χ0v) is 13.3. The molecular formula is C13H16N2O7S. The lowest BCUT2D eigenvalue weighted by atomic mass is 10.1. The second-order valence-corrected chi connectivity index (χ2v) is 6.79. The van der Waals surface area contributed by atoms with Crippen LogP contribution in [0.5, 0.6) is 11.5 Å². The first kappa shape index (κ1) is 17.0. The number of carbonyl (C=O) groups excluding carboxylic acids is 1. The van der Waals surface area contributed by atoms with Gasteiger partial charge in [-0.25, -0.2) is 18.4 Å². The van der Waals surface area contributed by atoms with Crippen molar-refractivity contribution in [2.24, 2.45) is 5.14 Å². The van der Waals surface area contributed by atoms with E-state index in [1.807, 2.05) is 0 Å². The molecule has 1 unspecified atom stereocenters. The van der Waals surface area contributed by atoms with E-state index in [0.29, 0.717) is 0 Å². The highest BCUT2D eigenvalue weighted by Crippen LogP contribution is 2.37. The third-order valence-corrected chi connectivity index (χ3v) is 4.82. The minimum Gasteiger partial charge on any atom is -0.493 e. The Balaban J connectivity index is 2.54. The minimum atomic E-state index is -3.90. The van der Waals surface area contributed by atoms with Gasteiger partial charge in [-0.1, -0.05) is 0 Å². The van der Waals surface area contributed by atoms with E-state index in [9.17, 15) is 23.1 Å². The zero-order chi connectivity index (χ0) is 17.4. The second kappa shape index (κ2) is 6.05. The van der Waals surface area contributed by atoms with Crippen molar-refractivity contribution in [3.05, 3.63) is 17.7 Å². The van der Waals surface area contributed by atoms with Crippen LogP contribution in [-0.2, 0) is 14.8 Å². The molecule has 10 heteroatoms. The molecule has 0 bridgehead atoms. The van der Waals surface area contributed by atoms with E-state index in [2.05, 4.69) is 0 Å². The van der Waals surface area contributed by atoms with Crippen molar-refractivity contribution in [1.82, 2.24) is 0 Å². The maximum absolute atomic E-state index is 12.1. The molecule has 0 spiro atoms. The number of methoxy groups -OCH3 is 2. The predicted octanol–water partition coefficient (Wildman–Crippen LogP) is -0.204. The SMILES string of the molecule is COc1cc(C(=O)O)c(N2CC(S(N)(=O)=O)CC2=O)cc1OC. The highest BCUT2D eigenvalue weighted by atomic mass is 32.2. The molecule has 23 heavy (non-hydrogen) atoms. The lowest BCUT2D eigenvalue weighted by Gasteiger charge is -2.20. The third-order valence-electron chi connectivity index (χ3n) is 3.58. The van der Waals surface area contributed by atoms with Crippen molar-refractivity contribution in [1.29, 1.82) is 0 Å². The Hall–Kier alpha value is -2.33. The van der Waals surface area contributed by atoms with E-state index < -0.39 is 27.1 Å². The van der Waals surface area contributed by atoms with E-state index in [1.54, 1.807) is 0 Å². The van der Waals surface area contributed by atoms with Crippen LogP contribution in [0.4, 0.5) is 5.69 Å². The van der Waals surface area contributed by atoms with Gasteiger partial charge in [-0.05, 0) is 0 Å². The molecule has 1 saturated heterocycles. The molecule has 1 atom stereocenters. The summed E-state index contributed by atoms with van der Waals surface area (Å²) in [6, 6.07) is 2.54. The number of aromatic carboxylic acids is 1. The monoisotopic (exact) mass is 344 g/mol. The molecule has 0 aromatic heterocycles. The Labute approximate surface area is 132 Å². The highest BCUT2D eigenvalue weighted by molar-refractivity contribution is 7.89. The van der Waals surface area contributed by atoms with Gasteiger partial charge >= 0.3 is 5.97 Å². The first-order valence-electron chi connectivity index (χ1n) is 6.50. The van der Waals surface area contributed by atoms with Crippen LogP contribution in [0.3, 0.4) is 0 Å². The summed E-state index contributed by atoms with van der Waals surface area (Å²) in [5.74, 6) is -1.41. The van der Waals surface area contributed by atoms with Crippen LogP contribution in [0.15, 0.2) is 12.1 Å². The van der Waals surface area contributed by atoms with E-state index in [4.69, 9.17) is 14.6 Å². The predicted molar refractivity (Wildman–Crippen MR) is 80.4 cm³/mol. The van der Waals surface area contributed by atoms with Crippen molar-refractivity contribution in [2.75, 3.05) is 25.7 Å². The van der Waals surface area contributed by atoms with Gasteiger partial charge in [0.05, 0.1) is 25.5 Å². The quantitative estimate of drug-likeness (QED) is 0.754. The largest absolute Gasteiger partial charge is 0.493 e. The number of amides is 1. The van der Waals surface area contributed by atoms with Gasteiger partial charge in [0, 0.05) is 25.1 Å². The summed E-state index contributed by atoms with van der Waals surface area (Å²) in [6.45, 7) is -0.215. The summed E-state index contributed by atoms with van der Waals surface area (Å²) in [6.07, 6.45) is -0.299. The van der Waals surface area contributed by atoms with Gasteiger partial charge < -0.3 is 19.5 Å². The Bertz CT molecular complexity index is 760. The van der Waals surface area contributed by atoms with Crippen LogP contribution in [0.25, 0.3) is 0 Å². The molecule has 1 amide bonds. The molecule has 126 valence electrons. The van der Waals surface area contributed by atoms with Crippen LogP contribution in [0.1, 0.15) is 16.8 Å². The van der Waals surface area contributed by atoms with E-state index >= 15 is 0 Å². The zero-order valence-electron chi connectivity index (χ0n) is 12.5. The maximum Gasteiger partial charge on any atom is 0.337 e. The van der Waals surface area contributed by atoms with E-state index in [-0.39, 0.29) is 35.7 Å². The number of sulfonamides is 1. The number of nitrogens with two attached hydrogens (primary N) is 1. The minimum absolute atomic E-state index is 0.0336. The molecule has 3 N–H and O–H groups in total. The number of hydrogen-bond acceptors (Lipinski definition) is 6. The molecule has 1 heterocycles. The van der Waals surface area contributed by atoms with Crippen LogP contribution in [-0.4, -0.2) is 51.4 Å². The van der Waals surface area contributed by atoms with Crippen molar-refractivity contribution in [3.8, 4) is 11.5 Å². The maximum atomic E-state index is 12.1. The molecule has 2 rings (SSSR count). The van der Waals surface area contributed by atoms with Gasteiger partial charge in [0.25, 0.3) is 0 Å². The molecule has 9 nitrogen and oxygen atoms in total. The lowest BCUT2D eigenvalue weighted by Crippen LogP contribution is -2.32. The number of benzene rings is 1. The van der Waals surface area contributed by atoms with Gasteiger partial charge in [0.2, 0.25) is 15.9 Å². The fraction of sp³-hybridized carbons (Fsp3) is 0.385. The number of nitrogens with zero attached hydrogens (tertiary/aromatic N) is 1. The van der Waals surface area contributed by atoms with Crippen molar-refractivity contribution in [3.63, 3.8) is 0 Å². The number of carboxylic acid groups (broad SMARTS) is 1. The topological polar surface area (TPSA) is 136 Å². The highest BCUT2D eigenvalue weighted by Gasteiger charge is 2.39. The fourth-order valence-corrected chi connectivity index (χ4v) is 3.12. The normalized spacial score (nSPS) is 18.1. The average Bonchev–Trinajstić information content (AvgIpc) is 2.87. The summed E-state index contributed by atoms with van der Waals surface area (Å²) in [5, 5.41) is 13.3. The van der Waals surface area contributed by atoms with Crippen LogP contribution in [0, 0.1) is 0 Å². The van der Waals surface area contributed by atoms with Crippen molar-refractivity contribution in [2.45, 2.75) is 11.7 Å². The molecule has 1 aromatic carbocycles. The fourth-order valence-electron chi connectivity index (χ4n) is 2.39. The Morgan fingerprint density at radius 2 is 1.87 bits per heavy atom. The summed E-state index contributed by atoms with van der Waals surface area (Å²) in [4.78, 5) is 24.6. The average molecular weight is 344 g/mol. The van der Waals surface area contributed by atoms with Crippen molar-refractivity contribution >= 4 is 27.6 Å². The number of anilines is 1. The molecule has 1 aromatic rings. The lowest BCUT2D eigenvalue weighted by molar-refractivity contribution is -0.117. The van der Waals surface area contributed by atoms with Gasteiger partial charge in [-0.2, -0.15) is 0 Å². The summed E-state index contributed by atoms with van der Waals surface area (Å²) in [5.41, 5.74) is -0.169. The van der Waals surface area contributed by atoms with Gasteiger partial charge in [0.1, 0.15) is 5.25 Å². The summed E-state index contributed by atoms with van der Waals surface area (Å²) < 4.78 is 33.0. The third kappa shape index (κ3) is 3.22. The molecule has 1 aliphatic rings. The van der Waals surface area contributed by atoms with Crippen molar-refractivity contribution < 1.29 is 32.6 Å². The van der Waals surface area contributed by atoms with Crippen LogP contribution in [0.2, 0.25) is 0 Å². The standard InChI is InChI=1S/C13H16N2O7S/c1-21-10-4-8(13(17)18)9(5-11(10)22-2)15-6-7(3-12(15)16)23(14,19)20/h4-5,7H,3,6H2,1-2H3,(H,17,18)(H2,14,19,20). The van der Waals surface area contributed by atoms with Crippen LogP contribution >= 0.6 is 0 Å². The van der Waals surface area contributed by atoms with Gasteiger partial charge in [-0.3, -0.25) is 4.79 Å². The number of ether oxygens (including phenoxy) is 2. The first-order chi connectivity index (χ1) is 10.7. The number of hydrogen-bond donors (Lipinski definition) is 2. The molecular weight excluding hydrogens is 328 g/mol. The number of carbonyl (C=O) groups is 2. The molecule has 0 saturated carbocycles. The molecule has 0 radical (unpaired) electrons. The summed E-state index contributed by atoms with van der Waals surface area (Å²) >= 11 is 0. The molecule has 1 fully saturated rings. The Morgan fingerprint density at radius 1 is 1.30 bits per heavy atom. The van der Waals surface area contributed by atoms with E-state index in [1.165, 1.54) is 26.4 Å². The van der Waals surface area contributed by atoms with Gasteiger partial charge in [-0.15, -0.1) is 0 Å². The number of carboxylic acids is 1. The summed E-state index contributed by atoms with van der Waals surface area (Å²) in [7, 11) is -1.19. The van der Waals surface area contributed by atoms with Crippen LogP contribution < -0.4 is 19.5 Å². The van der Waals surface area contributed by atoms with E-state index in [0.717, 1.165) is 4.90 Å². The molecule has 1 aliphatic heterocycles. The molecule has 0 aliphatic carbocycles. The smallest absolute Gasteiger partial charge is 0.337 e. The number of rotatable bonds is 5. The van der Waals surface area contributed by atoms with Gasteiger partial charge in [0.15, 0.2) is 11.5 Å². The first-order valence-corrected chi connectivity index (χ1v) is 8.11. The Morgan fingerprint density at radius 3 is 2.30 bits per heavy atom. The Kier molecular flexibility index (Phi) is 4.48. The second-order valence-electron chi connectivity index (χ2n) is 4.95.